The summed E-state index contributed by atoms with van der Waals surface area (Å²) in [5.41, 5.74) is -0.0853. The van der Waals surface area contributed by atoms with Gasteiger partial charge in [-0.2, -0.15) is 0 Å². The Kier molecular flexibility index (Phi) is 5.61. The molecule has 1 amide bonds. The molecule has 1 rings (SSSR count). The average molecular weight is 252 g/mol. The summed E-state index contributed by atoms with van der Waals surface area (Å²) in [6, 6.07) is 9.36. The highest BCUT2D eigenvalue weighted by molar-refractivity contribution is 5.81. The number of amides is 1. The quantitative estimate of drug-likeness (QED) is 0.564. The van der Waals surface area contributed by atoms with Gasteiger partial charge in [-0.05, 0) is 18.6 Å². The highest BCUT2D eigenvalue weighted by Gasteiger charge is 2.28. The summed E-state index contributed by atoms with van der Waals surface area (Å²) in [5.74, 6) is -0.260. The Morgan fingerprint density at radius 2 is 1.83 bits per heavy atom. The van der Waals surface area contributed by atoms with E-state index in [0.29, 0.717) is 6.42 Å². The lowest BCUT2D eigenvalue weighted by Crippen LogP contribution is -2.55. The van der Waals surface area contributed by atoms with Crippen LogP contribution in [-0.4, -0.2) is 41.4 Å². The molecule has 0 bridgehead atoms. The molecule has 1 aromatic carbocycles. The van der Waals surface area contributed by atoms with E-state index in [1.807, 2.05) is 30.3 Å². The van der Waals surface area contributed by atoms with Gasteiger partial charge in [0.25, 0.3) is 0 Å². The minimum Gasteiger partial charge on any atom is -0.394 e. The van der Waals surface area contributed by atoms with Crippen molar-refractivity contribution in [3.8, 4) is 0 Å². The summed E-state index contributed by atoms with van der Waals surface area (Å²) in [6.45, 7) is 1.34. The maximum atomic E-state index is 11.7. The molecule has 18 heavy (non-hydrogen) atoms. The largest absolute Gasteiger partial charge is 0.394 e. The van der Waals surface area contributed by atoms with Crippen molar-refractivity contribution in [1.82, 2.24) is 5.32 Å². The molecule has 0 aliphatic carbocycles. The average Bonchev–Trinajstić information content (AvgIpc) is 2.44. The van der Waals surface area contributed by atoms with Crippen LogP contribution in [-0.2, 0) is 4.79 Å². The number of carbonyl (C=O) groups excluding carboxylic acids is 1. The van der Waals surface area contributed by atoms with Crippen molar-refractivity contribution >= 4 is 11.6 Å². The van der Waals surface area contributed by atoms with Crippen LogP contribution in [0.15, 0.2) is 30.3 Å². The molecule has 5 nitrogen and oxygen atoms in total. The van der Waals surface area contributed by atoms with Crippen LogP contribution >= 0.6 is 0 Å². The number of para-hydroxylation sites is 1. The van der Waals surface area contributed by atoms with Gasteiger partial charge in [0.15, 0.2) is 0 Å². The third kappa shape index (κ3) is 4.01. The highest BCUT2D eigenvalue weighted by atomic mass is 16.3. The van der Waals surface area contributed by atoms with Crippen LogP contribution in [0.4, 0.5) is 5.69 Å². The van der Waals surface area contributed by atoms with Crippen molar-refractivity contribution in [3.05, 3.63) is 30.3 Å². The molecule has 0 aliphatic rings. The predicted molar refractivity (Wildman–Crippen MR) is 70.3 cm³/mol. The molecular formula is C13H20N2O3. The second-order valence-corrected chi connectivity index (χ2v) is 4.22. The van der Waals surface area contributed by atoms with E-state index in [2.05, 4.69) is 10.6 Å². The lowest BCUT2D eigenvalue weighted by atomic mass is 9.98. The number of anilines is 1. The predicted octanol–water partition coefficient (Wildman–Crippen LogP) is 0.348. The first kappa shape index (κ1) is 14.5. The Labute approximate surface area is 107 Å². The lowest BCUT2D eigenvalue weighted by Gasteiger charge is -2.29. The fourth-order valence-corrected chi connectivity index (χ4v) is 1.52. The van der Waals surface area contributed by atoms with Crippen molar-refractivity contribution in [3.63, 3.8) is 0 Å². The zero-order chi connectivity index (χ0) is 13.4. The number of hydrogen-bond donors (Lipinski definition) is 4. The van der Waals surface area contributed by atoms with Gasteiger partial charge in [-0.3, -0.25) is 4.79 Å². The molecular weight excluding hydrogens is 232 g/mol. The topological polar surface area (TPSA) is 81.6 Å². The molecule has 0 saturated heterocycles. The van der Waals surface area contributed by atoms with Crippen molar-refractivity contribution in [2.24, 2.45) is 0 Å². The molecule has 100 valence electrons. The number of hydrogen-bond acceptors (Lipinski definition) is 4. The number of rotatable bonds is 7. The molecule has 1 aromatic rings. The second-order valence-electron chi connectivity index (χ2n) is 4.22. The van der Waals surface area contributed by atoms with E-state index in [9.17, 15) is 15.0 Å². The molecule has 5 heteroatoms. The first-order valence-corrected chi connectivity index (χ1v) is 5.97. The zero-order valence-corrected chi connectivity index (χ0v) is 10.5. The third-order valence-electron chi connectivity index (χ3n) is 2.91. The van der Waals surface area contributed by atoms with E-state index in [1.165, 1.54) is 0 Å². The summed E-state index contributed by atoms with van der Waals surface area (Å²) >= 11 is 0. The van der Waals surface area contributed by atoms with Gasteiger partial charge in [0.2, 0.25) is 5.91 Å². The zero-order valence-electron chi connectivity index (χ0n) is 10.5. The van der Waals surface area contributed by atoms with Gasteiger partial charge < -0.3 is 20.8 Å². The number of aliphatic hydroxyl groups excluding tert-OH is 2. The minimum atomic E-state index is -0.935. The number of aliphatic hydroxyl groups is 2. The third-order valence-corrected chi connectivity index (χ3v) is 2.91. The van der Waals surface area contributed by atoms with Gasteiger partial charge in [-0.15, -0.1) is 0 Å². The normalized spacial score (nSPS) is 11.1. The fraction of sp³-hybridized carbons (Fsp3) is 0.462. The Bertz CT molecular complexity index is 355. The highest BCUT2D eigenvalue weighted by Crippen LogP contribution is 2.08. The van der Waals surface area contributed by atoms with Gasteiger partial charge in [0, 0.05) is 5.69 Å². The molecule has 0 unspecified atom stereocenters. The number of carbonyl (C=O) groups is 1. The second kappa shape index (κ2) is 6.98. The Hall–Kier alpha value is -1.59. The van der Waals surface area contributed by atoms with Gasteiger partial charge in [0.1, 0.15) is 0 Å². The van der Waals surface area contributed by atoms with E-state index in [-0.39, 0.29) is 25.7 Å². The summed E-state index contributed by atoms with van der Waals surface area (Å²) in [6.07, 6.45) is 0.469. The van der Waals surface area contributed by atoms with E-state index in [0.717, 1.165) is 5.69 Å². The summed E-state index contributed by atoms with van der Waals surface area (Å²) in [4.78, 5) is 11.7. The molecule has 0 atom stereocenters. The first-order chi connectivity index (χ1) is 8.65. The maximum Gasteiger partial charge on any atom is 0.239 e. The molecule has 0 radical (unpaired) electrons. The van der Waals surface area contributed by atoms with Crippen molar-refractivity contribution < 1.29 is 15.0 Å². The smallest absolute Gasteiger partial charge is 0.239 e. The van der Waals surface area contributed by atoms with Gasteiger partial charge in [-0.1, -0.05) is 25.1 Å². The van der Waals surface area contributed by atoms with E-state index in [4.69, 9.17) is 0 Å². The number of benzene rings is 1. The van der Waals surface area contributed by atoms with Crippen LogP contribution in [0.1, 0.15) is 13.3 Å². The van der Waals surface area contributed by atoms with Gasteiger partial charge >= 0.3 is 0 Å². The van der Waals surface area contributed by atoms with Crippen LogP contribution in [0, 0.1) is 0 Å². The maximum absolute atomic E-state index is 11.7. The molecule has 0 fully saturated rings. The van der Waals surface area contributed by atoms with Crippen LogP contribution in [0.2, 0.25) is 0 Å². The van der Waals surface area contributed by atoms with Crippen LogP contribution < -0.4 is 10.6 Å². The van der Waals surface area contributed by atoms with Crippen molar-refractivity contribution in [1.29, 1.82) is 0 Å². The van der Waals surface area contributed by atoms with E-state index >= 15 is 0 Å². The summed E-state index contributed by atoms with van der Waals surface area (Å²) in [5, 5.41) is 24.0. The molecule has 0 aliphatic heterocycles. The van der Waals surface area contributed by atoms with E-state index < -0.39 is 5.54 Å². The minimum absolute atomic E-state index is 0.103. The molecule has 0 saturated carbocycles. The van der Waals surface area contributed by atoms with Gasteiger partial charge in [0.05, 0.1) is 25.3 Å². The molecule has 0 spiro atoms. The van der Waals surface area contributed by atoms with Crippen molar-refractivity contribution in [2.45, 2.75) is 18.9 Å². The fourth-order valence-electron chi connectivity index (χ4n) is 1.52. The van der Waals surface area contributed by atoms with Crippen LogP contribution in [0.25, 0.3) is 0 Å². The van der Waals surface area contributed by atoms with Gasteiger partial charge in [-0.25, -0.2) is 0 Å². The lowest BCUT2D eigenvalue weighted by molar-refractivity contribution is -0.122. The number of nitrogens with one attached hydrogen (secondary N) is 2. The first-order valence-electron chi connectivity index (χ1n) is 5.97. The van der Waals surface area contributed by atoms with Crippen LogP contribution in [0.5, 0.6) is 0 Å². The monoisotopic (exact) mass is 252 g/mol. The molecule has 0 aromatic heterocycles. The Morgan fingerprint density at radius 3 is 2.33 bits per heavy atom. The Balaban J connectivity index is 2.46. The SMILES string of the molecule is CCC(CO)(CO)NC(=O)CNc1ccccc1. The summed E-state index contributed by atoms with van der Waals surface area (Å²) in [7, 11) is 0. The summed E-state index contributed by atoms with van der Waals surface area (Å²) < 4.78 is 0. The van der Waals surface area contributed by atoms with Crippen LogP contribution in [0.3, 0.4) is 0 Å². The molecule has 0 heterocycles. The van der Waals surface area contributed by atoms with E-state index in [1.54, 1.807) is 6.92 Å². The van der Waals surface area contributed by atoms with Crippen molar-refractivity contribution in [2.75, 3.05) is 25.1 Å². The standard InChI is InChI=1S/C13H20N2O3/c1-2-13(9-16,10-17)15-12(18)8-14-11-6-4-3-5-7-11/h3-7,14,16-17H,2,8-10H2,1H3,(H,15,18). The Morgan fingerprint density at radius 1 is 1.22 bits per heavy atom. The molecule has 4 N–H and O–H groups in total.